The van der Waals surface area contributed by atoms with Gasteiger partial charge in [0.05, 0.1) is 40.4 Å². The van der Waals surface area contributed by atoms with Crippen molar-refractivity contribution in [3.05, 3.63) is 94.0 Å². The second-order valence-electron chi connectivity index (χ2n) is 12.8. The summed E-state index contributed by atoms with van der Waals surface area (Å²) >= 11 is 0. The fourth-order valence-electron chi connectivity index (χ4n) is 7.49. The first-order valence-corrected chi connectivity index (χ1v) is 15.4. The van der Waals surface area contributed by atoms with E-state index in [2.05, 4.69) is 37.4 Å². The largest absolute Gasteiger partial charge is 0.493 e. The molecule has 4 aromatic carbocycles. The number of nitrogens with zero attached hydrogens (tertiary/aromatic N) is 1. The average Bonchev–Trinajstić information content (AvgIpc) is 3.02. The van der Waals surface area contributed by atoms with E-state index in [0.717, 1.165) is 54.0 Å². The summed E-state index contributed by atoms with van der Waals surface area (Å²) in [7, 11) is 7.49. The van der Waals surface area contributed by atoms with Gasteiger partial charge in [-0.1, -0.05) is 18.2 Å². The van der Waals surface area contributed by atoms with Crippen LogP contribution in [0.2, 0.25) is 0 Å². The molecule has 226 valence electrons. The number of hydrogen-bond donors (Lipinski definition) is 2. The zero-order valence-electron chi connectivity index (χ0n) is 25.6. The van der Waals surface area contributed by atoms with E-state index in [1.54, 1.807) is 14.2 Å². The molecule has 8 heteroatoms. The molecule has 0 spiro atoms. The van der Waals surface area contributed by atoms with Gasteiger partial charge in [0.15, 0.2) is 34.5 Å². The summed E-state index contributed by atoms with van der Waals surface area (Å²) < 4.78 is 31.4. The van der Waals surface area contributed by atoms with E-state index in [-0.39, 0.29) is 16.7 Å². The van der Waals surface area contributed by atoms with Crippen LogP contribution in [-0.4, -0.2) is 51.3 Å². The summed E-state index contributed by atoms with van der Waals surface area (Å²) in [6.07, 6.45) is 3.09. The van der Waals surface area contributed by atoms with Gasteiger partial charge in [-0.2, -0.15) is 4.65 Å². The lowest BCUT2D eigenvalue weighted by Gasteiger charge is -2.40. The number of hydroxylamine groups is 3. The molecule has 8 nitrogen and oxygen atoms in total. The highest BCUT2D eigenvalue weighted by Crippen LogP contribution is 2.55. The van der Waals surface area contributed by atoms with Gasteiger partial charge < -0.3 is 28.6 Å². The molecule has 0 saturated heterocycles. The first-order valence-electron chi connectivity index (χ1n) is 15.4. The van der Waals surface area contributed by atoms with Gasteiger partial charge in [0.2, 0.25) is 5.75 Å². The van der Waals surface area contributed by atoms with Crippen molar-refractivity contribution >= 4 is 0 Å². The van der Waals surface area contributed by atoms with Crippen LogP contribution in [0.25, 0.3) is 0 Å². The highest BCUT2D eigenvalue weighted by atomic mass is 16.6. The topological polar surface area (TPSA) is 70.8 Å². The van der Waals surface area contributed by atoms with Crippen molar-refractivity contribution in [2.75, 3.05) is 41.4 Å². The van der Waals surface area contributed by atoms with Gasteiger partial charge >= 0.3 is 0 Å². The van der Waals surface area contributed by atoms with Crippen LogP contribution in [0.3, 0.4) is 0 Å². The van der Waals surface area contributed by atoms with E-state index >= 15 is 0 Å². The second-order valence-corrected chi connectivity index (χ2v) is 12.8. The molecule has 7 bridgehead atoms. The third kappa shape index (κ3) is 4.39. The van der Waals surface area contributed by atoms with Gasteiger partial charge in [0.25, 0.3) is 0 Å². The Morgan fingerprint density at radius 1 is 0.773 bits per heavy atom. The molecule has 0 aliphatic carbocycles. The summed E-state index contributed by atoms with van der Waals surface area (Å²) in [6.45, 7) is 1.60. The minimum absolute atomic E-state index is 0.119. The molecule has 0 fully saturated rings. The Balaban J connectivity index is 1.34. The van der Waals surface area contributed by atoms with Gasteiger partial charge in [-0.15, -0.1) is 0 Å². The predicted octanol–water partition coefficient (Wildman–Crippen LogP) is 5.74. The van der Waals surface area contributed by atoms with Crippen LogP contribution in [0.5, 0.6) is 46.0 Å². The van der Waals surface area contributed by atoms with Crippen LogP contribution in [0.1, 0.15) is 45.5 Å². The monoisotopic (exact) mass is 594 g/mol. The first kappa shape index (κ1) is 27.3. The van der Waals surface area contributed by atoms with Crippen LogP contribution in [0.4, 0.5) is 0 Å². The highest BCUT2D eigenvalue weighted by Gasteiger charge is 2.42. The van der Waals surface area contributed by atoms with E-state index in [0.29, 0.717) is 47.5 Å². The Bertz CT molecular complexity index is 1780. The lowest BCUT2D eigenvalue weighted by Crippen LogP contribution is -3.10. The maximum atomic E-state index is 11.7. The van der Waals surface area contributed by atoms with Crippen LogP contribution in [0.15, 0.2) is 60.7 Å². The molecule has 5 aliphatic rings. The number of fused-ring (bicyclic) bond motifs is 2. The molecule has 4 atom stereocenters. The third-order valence-electron chi connectivity index (χ3n) is 10.0. The Kier molecular flexibility index (Phi) is 6.31. The zero-order chi connectivity index (χ0) is 30.2. The summed E-state index contributed by atoms with van der Waals surface area (Å²) in [4.78, 5) is 1.43. The molecule has 44 heavy (non-hydrogen) atoms. The fraction of sp³-hybridized carbons (Fsp3) is 0.333. The molecular weight excluding hydrogens is 556 g/mol. The number of nitrogens with one attached hydrogen (secondary N) is 1. The Labute approximate surface area is 257 Å². The van der Waals surface area contributed by atoms with Crippen molar-refractivity contribution in [2.24, 2.45) is 0 Å². The van der Waals surface area contributed by atoms with Crippen LogP contribution in [-0.2, 0) is 25.7 Å². The van der Waals surface area contributed by atoms with E-state index < -0.39 is 0 Å². The summed E-state index contributed by atoms with van der Waals surface area (Å²) in [5.74, 6) is 5.49. The van der Waals surface area contributed by atoms with E-state index in [1.165, 1.54) is 21.6 Å². The molecule has 0 amide bonds. The lowest BCUT2D eigenvalue weighted by atomic mass is 9.86. The van der Waals surface area contributed by atoms with Crippen molar-refractivity contribution in [3.63, 3.8) is 0 Å². The summed E-state index contributed by atoms with van der Waals surface area (Å²) in [5, 5.41) is 11.7. The molecule has 0 radical (unpaired) electrons. The lowest BCUT2D eigenvalue weighted by molar-refractivity contribution is -1.11. The first-order chi connectivity index (χ1) is 21.3. The van der Waals surface area contributed by atoms with Crippen LogP contribution < -0.4 is 28.6 Å². The number of benzene rings is 4. The molecule has 2 N–H and O–H groups in total. The molecule has 5 heterocycles. The quantitative estimate of drug-likeness (QED) is 0.254. The molecule has 9 rings (SSSR count). The van der Waals surface area contributed by atoms with E-state index in [4.69, 9.17) is 23.7 Å². The zero-order valence-corrected chi connectivity index (χ0v) is 25.6. The highest BCUT2D eigenvalue weighted by molar-refractivity contribution is 5.67. The summed E-state index contributed by atoms with van der Waals surface area (Å²) in [5.41, 5.74) is 6.89. The minimum atomic E-state index is -0.212. The van der Waals surface area contributed by atoms with Crippen molar-refractivity contribution in [2.45, 2.75) is 37.8 Å². The van der Waals surface area contributed by atoms with Crippen molar-refractivity contribution in [1.82, 2.24) is 0 Å². The molecule has 0 aromatic heterocycles. The normalized spacial score (nSPS) is 24.3. The van der Waals surface area contributed by atoms with Crippen molar-refractivity contribution in [3.8, 4) is 46.0 Å². The Morgan fingerprint density at radius 2 is 1.52 bits per heavy atom. The smallest absolute Gasteiger partial charge is 0.212 e. The van der Waals surface area contributed by atoms with Gasteiger partial charge in [0.1, 0.15) is 24.4 Å². The minimum Gasteiger partial charge on any atom is -0.493 e. The van der Waals surface area contributed by atoms with Crippen LogP contribution >= 0.6 is 0 Å². The number of quaternary nitrogens is 2. The SMILES string of the molecule is COc1ccc2cc1Oc1ccc(cc1)CC1c3c(cc(OC)c4c3Oc3cc5c(cc3O4)CC[N+](C)(O)C5C2)CC[NH+]1C. The molecule has 4 unspecified atom stereocenters. The number of hydrogen-bond acceptors (Lipinski definition) is 6. The molecule has 5 aliphatic heterocycles. The number of methoxy groups -OCH3 is 2. The van der Waals surface area contributed by atoms with Gasteiger partial charge in [-0.05, 0) is 64.7 Å². The maximum Gasteiger partial charge on any atom is 0.212 e. The molecular formula is C36H38N2O6+2. The fourth-order valence-corrected chi connectivity index (χ4v) is 7.49. The van der Waals surface area contributed by atoms with Crippen LogP contribution in [0, 0.1) is 0 Å². The summed E-state index contributed by atoms with van der Waals surface area (Å²) in [6, 6.07) is 20.6. The van der Waals surface area contributed by atoms with E-state index in [1.807, 2.05) is 37.4 Å². The van der Waals surface area contributed by atoms with Gasteiger partial charge in [0, 0.05) is 31.2 Å². The van der Waals surface area contributed by atoms with Crippen molar-refractivity contribution < 1.29 is 38.4 Å². The van der Waals surface area contributed by atoms with Crippen molar-refractivity contribution in [1.29, 1.82) is 0 Å². The number of rotatable bonds is 2. The van der Waals surface area contributed by atoms with Gasteiger partial charge in [-0.25, -0.2) is 5.21 Å². The molecule has 4 aromatic rings. The van der Waals surface area contributed by atoms with E-state index in [9.17, 15) is 5.21 Å². The third-order valence-corrected chi connectivity index (χ3v) is 10.0. The molecule has 0 saturated carbocycles. The second kappa shape index (κ2) is 10.2. The predicted molar refractivity (Wildman–Crippen MR) is 164 cm³/mol. The Morgan fingerprint density at radius 3 is 2.32 bits per heavy atom. The Hall–Kier alpha value is -4.24. The number of ether oxygens (including phenoxy) is 5. The average molecular weight is 595 g/mol. The van der Waals surface area contributed by atoms with Gasteiger partial charge in [-0.3, -0.25) is 0 Å². The number of likely N-dealkylation sites (N-methyl/N-ethyl adjacent to an activating group) is 2. The maximum absolute atomic E-state index is 11.7. The standard InChI is InChI=1S/C36H37N2O6/c1-37-13-11-24-19-33(41-4)35-36-34(24)27(37)15-21-5-8-25(9-6-21)42-30-17-22(7-10-29(30)40-3)16-28-26-20-32(44-36)31(43-35)18-23(26)12-14-38(28,2)39/h5-10,17-20,27-28,39H,11-16H2,1-4H3/q+1/p+1.